The molecule has 0 saturated carbocycles. The van der Waals surface area contributed by atoms with Gasteiger partial charge >= 0.3 is 0 Å². The third-order valence-electron chi connectivity index (χ3n) is 6.81. The fourth-order valence-electron chi connectivity index (χ4n) is 5.07. The van der Waals surface area contributed by atoms with E-state index >= 15 is 0 Å². The number of benzene rings is 1. The number of nitro groups is 1. The van der Waals surface area contributed by atoms with E-state index in [9.17, 15) is 14.9 Å². The number of anilines is 1. The Morgan fingerprint density at radius 2 is 1.83 bits per heavy atom. The van der Waals surface area contributed by atoms with Crippen molar-refractivity contribution >= 4 is 49.1 Å². The first-order valence-corrected chi connectivity index (χ1v) is 12.6. The third kappa shape index (κ3) is 3.92. The van der Waals surface area contributed by atoms with Crippen molar-refractivity contribution in [1.29, 1.82) is 0 Å². The van der Waals surface area contributed by atoms with E-state index in [4.69, 9.17) is 9.72 Å². The highest BCUT2D eigenvalue weighted by Crippen LogP contribution is 2.42. The van der Waals surface area contributed by atoms with E-state index in [1.54, 1.807) is 11.3 Å². The highest BCUT2D eigenvalue weighted by Gasteiger charge is 2.26. The second-order valence-corrected chi connectivity index (χ2v) is 9.88. The summed E-state index contributed by atoms with van der Waals surface area (Å²) in [7, 11) is 0. The molecule has 2 aliphatic rings. The summed E-state index contributed by atoms with van der Waals surface area (Å²) in [5.74, 6) is 0.930. The van der Waals surface area contributed by atoms with Gasteiger partial charge in [0.1, 0.15) is 17.0 Å². The number of nitrogens with zero attached hydrogens (tertiary/aromatic N) is 5. The minimum Gasteiger partial charge on any atom is -0.378 e. The number of pyridine rings is 1. The van der Waals surface area contributed by atoms with Crippen LogP contribution in [0.4, 0.5) is 11.5 Å². The van der Waals surface area contributed by atoms with Crippen LogP contribution < -0.4 is 4.90 Å². The molecule has 0 N–H and O–H groups in total. The first kappa shape index (κ1) is 22.0. The van der Waals surface area contributed by atoms with E-state index in [1.807, 2.05) is 0 Å². The number of thiophene rings is 1. The molecule has 0 amide bonds. The Hall–Kier alpha value is -3.50. The summed E-state index contributed by atoms with van der Waals surface area (Å²) in [6, 6.07) is 5.70. The molecule has 35 heavy (non-hydrogen) atoms. The summed E-state index contributed by atoms with van der Waals surface area (Å²) < 4.78 is 6.44. The number of carbonyl (C=O) groups excluding carboxylic acids is 1. The second kappa shape index (κ2) is 8.94. The molecular formula is C25H23N5O4S. The number of fused-ring (bicyclic) bond motifs is 5. The SMILES string of the molecule is O=C(Cc1ncnc2c1sc1nc(N3CCOCC3)c3c(c12)CCCC3)c1ccc([N+](=O)[O-])cc1. The molecule has 0 spiro atoms. The van der Waals surface area contributed by atoms with Gasteiger partial charge in [0, 0.05) is 36.2 Å². The maximum atomic E-state index is 13.0. The number of hydrogen-bond acceptors (Lipinski definition) is 9. The van der Waals surface area contributed by atoms with Crippen LogP contribution in [0.2, 0.25) is 0 Å². The number of hydrogen-bond donors (Lipinski definition) is 0. The number of aromatic nitrogens is 3. The normalized spacial score (nSPS) is 15.9. The van der Waals surface area contributed by atoms with E-state index in [-0.39, 0.29) is 17.9 Å². The van der Waals surface area contributed by atoms with E-state index < -0.39 is 4.92 Å². The quantitative estimate of drug-likeness (QED) is 0.232. The van der Waals surface area contributed by atoms with Gasteiger partial charge in [-0.05, 0) is 48.9 Å². The van der Waals surface area contributed by atoms with Crippen LogP contribution in [0.5, 0.6) is 0 Å². The van der Waals surface area contributed by atoms with Crippen molar-refractivity contribution in [3.63, 3.8) is 0 Å². The molecule has 0 atom stereocenters. The molecule has 0 radical (unpaired) electrons. The van der Waals surface area contributed by atoms with Gasteiger partial charge in [0.05, 0.1) is 40.5 Å². The molecular weight excluding hydrogens is 466 g/mol. The molecule has 4 heterocycles. The minimum atomic E-state index is -0.474. The van der Waals surface area contributed by atoms with E-state index in [1.165, 1.54) is 41.7 Å². The van der Waals surface area contributed by atoms with E-state index in [2.05, 4.69) is 14.9 Å². The van der Waals surface area contributed by atoms with Gasteiger partial charge in [-0.3, -0.25) is 14.9 Å². The average Bonchev–Trinajstić information content (AvgIpc) is 3.28. The number of ether oxygens (including phenoxy) is 1. The molecule has 1 saturated heterocycles. The number of ketones is 1. The smallest absolute Gasteiger partial charge is 0.269 e. The van der Waals surface area contributed by atoms with Crippen molar-refractivity contribution in [2.24, 2.45) is 0 Å². The molecule has 9 nitrogen and oxygen atoms in total. The molecule has 0 bridgehead atoms. The standard InChI is InChI=1S/C25H23N5O4S/c31-20(15-5-7-16(8-6-15)30(32)33)13-19-23-22(27-14-26-19)21-17-3-1-2-4-18(17)24(28-25(21)35-23)29-9-11-34-12-10-29/h5-8,14H,1-4,9-13H2. The molecule has 3 aromatic heterocycles. The summed E-state index contributed by atoms with van der Waals surface area (Å²) in [6.45, 7) is 3.10. The number of nitro benzene ring substituents is 1. The van der Waals surface area contributed by atoms with Crippen molar-refractivity contribution in [3.05, 3.63) is 63.1 Å². The van der Waals surface area contributed by atoms with E-state index in [0.29, 0.717) is 24.5 Å². The van der Waals surface area contributed by atoms with Crippen molar-refractivity contribution < 1.29 is 14.5 Å². The Morgan fingerprint density at radius 3 is 2.57 bits per heavy atom. The molecule has 1 fully saturated rings. The first-order chi connectivity index (χ1) is 17.1. The monoisotopic (exact) mass is 489 g/mol. The third-order valence-corrected chi connectivity index (χ3v) is 7.93. The molecule has 1 aliphatic carbocycles. The Balaban J connectivity index is 1.43. The van der Waals surface area contributed by atoms with Gasteiger partial charge in [-0.2, -0.15) is 0 Å². The second-order valence-electron chi connectivity index (χ2n) is 8.88. The summed E-state index contributed by atoms with van der Waals surface area (Å²) in [5.41, 5.74) is 4.58. The minimum absolute atomic E-state index is 0.0394. The maximum Gasteiger partial charge on any atom is 0.269 e. The first-order valence-electron chi connectivity index (χ1n) is 11.8. The number of morpholine rings is 1. The predicted octanol–water partition coefficient (Wildman–Crippen LogP) is 4.29. The highest BCUT2D eigenvalue weighted by molar-refractivity contribution is 7.25. The summed E-state index contributed by atoms with van der Waals surface area (Å²) >= 11 is 1.55. The van der Waals surface area contributed by atoms with Gasteiger partial charge in [-0.25, -0.2) is 15.0 Å². The lowest BCUT2D eigenvalue weighted by atomic mass is 9.89. The number of Topliss-reactive ketones (excluding diaryl/α,β-unsaturated/α-hetero) is 1. The van der Waals surface area contributed by atoms with E-state index in [0.717, 1.165) is 65.0 Å². The van der Waals surface area contributed by atoms with Gasteiger partial charge in [0.25, 0.3) is 5.69 Å². The fraction of sp³-hybridized carbons (Fsp3) is 0.360. The van der Waals surface area contributed by atoms with Crippen LogP contribution in [0.3, 0.4) is 0 Å². The topological polar surface area (TPSA) is 111 Å². The zero-order chi connectivity index (χ0) is 23.9. The maximum absolute atomic E-state index is 13.0. The van der Waals surface area contributed by atoms with Crippen LogP contribution in [0, 0.1) is 10.1 Å². The van der Waals surface area contributed by atoms with Crippen molar-refractivity contribution in [2.75, 3.05) is 31.2 Å². The van der Waals surface area contributed by atoms with Gasteiger partial charge in [-0.1, -0.05) is 0 Å². The van der Waals surface area contributed by atoms with Crippen LogP contribution in [0.25, 0.3) is 20.4 Å². The zero-order valence-corrected chi connectivity index (χ0v) is 19.8. The molecule has 1 aliphatic heterocycles. The molecule has 1 aromatic carbocycles. The number of non-ortho nitro benzene ring substituents is 1. The summed E-state index contributed by atoms with van der Waals surface area (Å²) in [4.78, 5) is 40.9. The van der Waals surface area contributed by atoms with Gasteiger partial charge < -0.3 is 9.64 Å². The molecule has 4 aromatic rings. The van der Waals surface area contributed by atoms with Crippen LogP contribution in [0.15, 0.2) is 30.6 Å². The predicted molar refractivity (Wildman–Crippen MR) is 134 cm³/mol. The fourth-order valence-corrected chi connectivity index (χ4v) is 6.21. The average molecular weight is 490 g/mol. The lowest BCUT2D eigenvalue weighted by Gasteiger charge is -2.31. The Morgan fingerprint density at radius 1 is 1.09 bits per heavy atom. The molecule has 178 valence electrons. The van der Waals surface area contributed by atoms with Crippen LogP contribution in [-0.4, -0.2) is 52.0 Å². The lowest BCUT2D eigenvalue weighted by molar-refractivity contribution is -0.384. The van der Waals surface area contributed by atoms with Crippen molar-refractivity contribution in [3.8, 4) is 0 Å². The Kier molecular flexibility index (Phi) is 5.62. The van der Waals surface area contributed by atoms with Crippen LogP contribution >= 0.6 is 11.3 Å². The van der Waals surface area contributed by atoms with Gasteiger partial charge in [-0.15, -0.1) is 11.3 Å². The van der Waals surface area contributed by atoms with Crippen molar-refractivity contribution in [1.82, 2.24) is 15.0 Å². The largest absolute Gasteiger partial charge is 0.378 e. The van der Waals surface area contributed by atoms with Gasteiger partial charge in [0.15, 0.2) is 5.78 Å². The summed E-state index contributed by atoms with van der Waals surface area (Å²) in [5, 5.41) is 12.0. The van der Waals surface area contributed by atoms with Gasteiger partial charge in [0.2, 0.25) is 0 Å². The summed E-state index contributed by atoms with van der Waals surface area (Å²) in [6.07, 6.45) is 5.93. The molecule has 10 heteroatoms. The zero-order valence-electron chi connectivity index (χ0n) is 19.0. The number of carbonyl (C=O) groups is 1. The molecule has 0 unspecified atom stereocenters. The molecule has 6 rings (SSSR count). The highest BCUT2D eigenvalue weighted by atomic mass is 32.1. The lowest BCUT2D eigenvalue weighted by Crippen LogP contribution is -2.37. The van der Waals surface area contributed by atoms with Crippen LogP contribution in [0.1, 0.15) is 40.0 Å². The van der Waals surface area contributed by atoms with Crippen molar-refractivity contribution in [2.45, 2.75) is 32.1 Å². The van der Waals surface area contributed by atoms with Crippen LogP contribution in [-0.2, 0) is 24.0 Å². The number of rotatable bonds is 5. The number of aryl methyl sites for hydroxylation is 1. The Labute approximate surface area is 204 Å². The Bertz CT molecular complexity index is 1460.